The van der Waals surface area contributed by atoms with E-state index >= 15 is 0 Å². The van der Waals surface area contributed by atoms with Gasteiger partial charge in [0.15, 0.2) is 0 Å². The zero-order valence-electron chi connectivity index (χ0n) is 14.5. The van der Waals surface area contributed by atoms with Gasteiger partial charge in [-0.25, -0.2) is 0 Å². The molecule has 0 unspecified atom stereocenters. The molecule has 0 saturated heterocycles. The van der Waals surface area contributed by atoms with Crippen LogP contribution >= 0.6 is 0 Å². The summed E-state index contributed by atoms with van der Waals surface area (Å²) in [5.74, 6) is -0.847. The Kier molecular flexibility index (Phi) is 3.25. The molecule has 2 heterocycles. The van der Waals surface area contributed by atoms with Gasteiger partial charge in [0.25, 0.3) is 0 Å². The molecule has 0 spiro atoms. The molecule has 126 valence electrons. The molecular weight excluding hydrogens is 312 g/mol. The van der Waals surface area contributed by atoms with E-state index < -0.39 is 11.4 Å². The molecule has 0 aliphatic heterocycles. The summed E-state index contributed by atoms with van der Waals surface area (Å²) in [5, 5.41) is 12.2. The highest BCUT2D eigenvalue weighted by Crippen LogP contribution is 2.41. The largest absolute Gasteiger partial charge is 0.480 e. The molecule has 4 nitrogen and oxygen atoms in total. The molecule has 1 N–H and O–H groups in total. The SMILES string of the molecule is Cn1cc(C(C)(C(=O)O)c2cn(C)c3ccccc23)c2ccccc21. The van der Waals surface area contributed by atoms with Crippen LogP contribution in [0.1, 0.15) is 18.1 Å². The van der Waals surface area contributed by atoms with Crippen LogP contribution in [0.4, 0.5) is 0 Å². The molecule has 0 fully saturated rings. The molecular formula is C21H20N2O2. The zero-order valence-corrected chi connectivity index (χ0v) is 14.5. The first-order valence-corrected chi connectivity index (χ1v) is 8.27. The van der Waals surface area contributed by atoms with Gasteiger partial charge in [0, 0.05) is 48.3 Å². The van der Waals surface area contributed by atoms with Crippen LogP contribution in [0.15, 0.2) is 60.9 Å². The van der Waals surface area contributed by atoms with Crippen molar-refractivity contribution in [1.29, 1.82) is 0 Å². The molecule has 0 aliphatic carbocycles. The van der Waals surface area contributed by atoms with E-state index in [9.17, 15) is 9.90 Å². The van der Waals surface area contributed by atoms with Crippen LogP contribution in [0.3, 0.4) is 0 Å². The lowest BCUT2D eigenvalue weighted by Crippen LogP contribution is -2.33. The van der Waals surface area contributed by atoms with Gasteiger partial charge in [-0.15, -0.1) is 0 Å². The van der Waals surface area contributed by atoms with Crippen LogP contribution < -0.4 is 0 Å². The van der Waals surface area contributed by atoms with E-state index in [0.29, 0.717) is 0 Å². The summed E-state index contributed by atoms with van der Waals surface area (Å²) in [6, 6.07) is 15.9. The van der Waals surface area contributed by atoms with Gasteiger partial charge in [-0.1, -0.05) is 36.4 Å². The van der Waals surface area contributed by atoms with E-state index in [4.69, 9.17) is 0 Å². The third-order valence-electron chi connectivity index (χ3n) is 5.30. The van der Waals surface area contributed by atoms with Crippen molar-refractivity contribution in [2.24, 2.45) is 14.1 Å². The van der Waals surface area contributed by atoms with Crippen molar-refractivity contribution < 1.29 is 9.90 Å². The molecule has 2 aromatic heterocycles. The van der Waals surface area contributed by atoms with E-state index in [1.54, 1.807) is 6.92 Å². The average Bonchev–Trinajstić information content (AvgIpc) is 3.13. The standard InChI is InChI=1S/C21H20N2O2/c1-21(20(24)25,16-12-22(2)18-10-6-4-8-14(16)18)17-13-23(3)19-11-7-5-9-15(17)19/h4-13H,1-3H3,(H,24,25). The quantitative estimate of drug-likeness (QED) is 0.615. The van der Waals surface area contributed by atoms with Crippen LogP contribution in [0, 0.1) is 0 Å². The lowest BCUT2D eigenvalue weighted by Gasteiger charge is -2.24. The van der Waals surface area contributed by atoms with Gasteiger partial charge in [-0.3, -0.25) is 4.79 Å². The Morgan fingerprint density at radius 2 is 1.24 bits per heavy atom. The maximum Gasteiger partial charge on any atom is 0.318 e. The van der Waals surface area contributed by atoms with E-state index in [1.807, 2.05) is 84.2 Å². The molecule has 25 heavy (non-hydrogen) atoms. The molecule has 0 atom stereocenters. The summed E-state index contributed by atoms with van der Waals surface area (Å²) in [5.41, 5.74) is 2.56. The minimum atomic E-state index is -1.14. The molecule has 0 aliphatic rings. The smallest absolute Gasteiger partial charge is 0.318 e. The number of hydrogen-bond acceptors (Lipinski definition) is 1. The third kappa shape index (κ3) is 2.03. The number of aromatic nitrogens is 2. The predicted molar refractivity (Wildman–Crippen MR) is 99.9 cm³/mol. The molecule has 0 radical (unpaired) electrons. The Morgan fingerprint density at radius 1 is 0.840 bits per heavy atom. The second-order valence-electron chi connectivity index (χ2n) is 6.77. The molecule has 2 aromatic carbocycles. The molecule has 4 heteroatoms. The van der Waals surface area contributed by atoms with Crippen molar-refractivity contribution in [3.8, 4) is 0 Å². The maximum absolute atomic E-state index is 12.5. The van der Waals surface area contributed by atoms with Crippen molar-refractivity contribution in [2.45, 2.75) is 12.3 Å². The van der Waals surface area contributed by atoms with E-state index in [0.717, 1.165) is 32.9 Å². The van der Waals surface area contributed by atoms with Crippen LogP contribution in [-0.2, 0) is 24.3 Å². The first-order chi connectivity index (χ1) is 11.9. The van der Waals surface area contributed by atoms with Crippen molar-refractivity contribution in [3.05, 3.63) is 72.1 Å². The number of fused-ring (bicyclic) bond motifs is 2. The van der Waals surface area contributed by atoms with Gasteiger partial charge in [-0.2, -0.15) is 0 Å². The monoisotopic (exact) mass is 332 g/mol. The van der Waals surface area contributed by atoms with E-state index in [-0.39, 0.29) is 0 Å². The first kappa shape index (κ1) is 15.5. The summed E-state index contributed by atoms with van der Waals surface area (Å²) < 4.78 is 3.99. The number of para-hydroxylation sites is 2. The van der Waals surface area contributed by atoms with Gasteiger partial charge in [0.2, 0.25) is 0 Å². The number of benzene rings is 2. The van der Waals surface area contributed by atoms with Crippen molar-refractivity contribution in [2.75, 3.05) is 0 Å². The van der Waals surface area contributed by atoms with E-state index in [1.165, 1.54) is 0 Å². The summed E-state index contributed by atoms with van der Waals surface area (Å²) in [6.45, 7) is 1.80. The number of aliphatic carboxylic acids is 1. The number of carbonyl (C=O) groups is 1. The second-order valence-corrected chi connectivity index (χ2v) is 6.77. The van der Waals surface area contributed by atoms with Gasteiger partial charge < -0.3 is 14.2 Å². The van der Waals surface area contributed by atoms with Crippen LogP contribution in [-0.4, -0.2) is 20.2 Å². The average molecular weight is 332 g/mol. The van der Waals surface area contributed by atoms with Crippen molar-refractivity contribution in [3.63, 3.8) is 0 Å². The Bertz CT molecular complexity index is 1040. The summed E-state index contributed by atoms with van der Waals surface area (Å²) in [4.78, 5) is 12.5. The predicted octanol–water partition coefficient (Wildman–Crippen LogP) is 4.06. The highest BCUT2D eigenvalue weighted by molar-refractivity contribution is 5.99. The topological polar surface area (TPSA) is 47.2 Å². The fourth-order valence-electron chi connectivity index (χ4n) is 3.86. The van der Waals surface area contributed by atoms with Gasteiger partial charge in [0.05, 0.1) is 0 Å². The van der Waals surface area contributed by atoms with E-state index in [2.05, 4.69) is 0 Å². The Morgan fingerprint density at radius 3 is 1.64 bits per heavy atom. The molecule has 4 rings (SSSR count). The molecule has 0 saturated carbocycles. The fourth-order valence-corrected chi connectivity index (χ4v) is 3.86. The normalized spacial score (nSPS) is 12.1. The minimum Gasteiger partial charge on any atom is -0.480 e. The summed E-state index contributed by atoms with van der Waals surface area (Å²) >= 11 is 0. The summed E-state index contributed by atoms with van der Waals surface area (Å²) in [6.07, 6.45) is 3.89. The Labute approximate surface area is 145 Å². The second kappa shape index (κ2) is 5.24. The number of aryl methyl sites for hydroxylation is 2. The number of carboxylic acids is 1. The van der Waals surface area contributed by atoms with Gasteiger partial charge in [0.1, 0.15) is 5.41 Å². The minimum absolute atomic E-state index is 0.814. The maximum atomic E-state index is 12.5. The Balaban J connectivity index is 2.10. The molecule has 0 amide bonds. The molecule has 4 aromatic rings. The van der Waals surface area contributed by atoms with Gasteiger partial charge in [-0.05, 0) is 30.2 Å². The number of hydrogen-bond donors (Lipinski definition) is 1. The van der Waals surface area contributed by atoms with Crippen molar-refractivity contribution >= 4 is 27.8 Å². The lowest BCUT2D eigenvalue weighted by molar-refractivity contribution is -0.141. The molecule has 0 bridgehead atoms. The van der Waals surface area contributed by atoms with Crippen molar-refractivity contribution in [1.82, 2.24) is 9.13 Å². The number of rotatable bonds is 3. The summed E-state index contributed by atoms with van der Waals surface area (Å²) in [7, 11) is 3.91. The van der Waals surface area contributed by atoms with Crippen LogP contribution in [0.25, 0.3) is 21.8 Å². The first-order valence-electron chi connectivity index (χ1n) is 8.27. The highest BCUT2D eigenvalue weighted by Gasteiger charge is 2.41. The van der Waals surface area contributed by atoms with Crippen LogP contribution in [0.5, 0.6) is 0 Å². The zero-order chi connectivity index (χ0) is 17.8. The fraction of sp³-hybridized carbons (Fsp3) is 0.190. The number of nitrogens with zero attached hydrogens (tertiary/aromatic N) is 2. The van der Waals surface area contributed by atoms with Crippen LogP contribution in [0.2, 0.25) is 0 Å². The Hall–Kier alpha value is -3.01. The lowest BCUT2D eigenvalue weighted by atomic mass is 9.76. The highest BCUT2D eigenvalue weighted by atomic mass is 16.4. The third-order valence-corrected chi connectivity index (χ3v) is 5.30. The van der Waals surface area contributed by atoms with Gasteiger partial charge >= 0.3 is 5.97 Å². The number of carboxylic acid groups (broad SMARTS) is 1.